The van der Waals surface area contributed by atoms with Crippen molar-refractivity contribution in [2.24, 2.45) is 0 Å². The number of rotatable bonds is 3. The minimum atomic E-state index is 0.394. The molecule has 1 aliphatic carbocycles. The standard InChI is InChI=1S/C16H25N/c1-13-7-8-15(11-14(13)2)16(12-17-3)9-5-4-6-10-16/h7-8,11,17H,4-6,9-10,12H2,1-3H3. The van der Waals surface area contributed by atoms with Crippen molar-refractivity contribution in [3.63, 3.8) is 0 Å². The Bertz CT molecular complexity index is 370. The zero-order chi connectivity index (χ0) is 12.3. The summed E-state index contributed by atoms with van der Waals surface area (Å²) in [7, 11) is 2.08. The van der Waals surface area contributed by atoms with E-state index in [1.165, 1.54) is 43.2 Å². The number of hydrogen-bond acceptors (Lipinski definition) is 1. The van der Waals surface area contributed by atoms with Crippen LogP contribution in [0.4, 0.5) is 0 Å². The highest BCUT2D eigenvalue weighted by molar-refractivity contribution is 5.35. The summed E-state index contributed by atoms with van der Waals surface area (Å²) in [5.74, 6) is 0. The first-order chi connectivity index (χ1) is 8.18. The van der Waals surface area contributed by atoms with Crippen molar-refractivity contribution in [1.29, 1.82) is 0 Å². The molecule has 1 heteroatoms. The SMILES string of the molecule is CNCC1(c2ccc(C)c(C)c2)CCCCC1. The predicted octanol–water partition coefficient (Wildman–Crippen LogP) is 3.72. The normalized spacial score (nSPS) is 19.2. The van der Waals surface area contributed by atoms with E-state index in [4.69, 9.17) is 0 Å². The summed E-state index contributed by atoms with van der Waals surface area (Å²) >= 11 is 0. The second-order valence-corrected chi connectivity index (χ2v) is 5.67. The zero-order valence-electron chi connectivity index (χ0n) is 11.5. The van der Waals surface area contributed by atoms with Gasteiger partial charge in [-0.1, -0.05) is 37.5 Å². The fraction of sp³-hybridized carbons (Fsp3) is 0.625. The quantitative estimate of drug-likeness (QED) is 0.836. The molecule has 0 atom stereocenters. The first-order valence-electron chi connectivity index (χ1n) is 6.90. The molecule has 1 saturated carbocycles. The van der Waals surface area contributed by atoms with Gasteiger partial charge >= 0.3 is 0 Å². The average Bonchev–Trinajstić information content (AvgIpc) is 2.34. The highest BCUT2D eigenvalue weighted by atomic mass is 14.8. The van der Waals surface area contributed by atoms with Crippen molar-refractivity contribution in [3.8, 4) is 0 Å². The lowest BCUT2D eigenvalue weighted by molar-refractivity contribution is 0.286. The lowest BCUT2D eigenvalue weighted by atomic mass is 9.69. The van der Waals surface area contributed by atoms with Gasteiger partial charge in [0.2, 0.25) is 0 Å². The van der Waals surface area contributed by atoms with Crippen LogP contribution in [0.5, 0.6) is 0 Å². The van der Waals surface area contributed by atoms with Gasteiger partial charge in [-0.25, -0.2) is 0 Å². The molecule has 1 fully saturated rings. The Kier molecular flexibility index (Phi) is 3.88. The van der Waals surface area contributed by atoms with Crippen LogP contribution in [0.15, 0.2) is 18.2 Å². The maximum atomic E-state index is 3.41. The Hall–Kier alpha value is -0.820. The van der Waals surface area contributed by atoms with E-state index in [-0.39, 0.29) is 0 Å². The lowest BCUT2D eigenvalue weighted by Crippen LogP contribution is -2.38. The Morgan fingerprint density at radius 2 is 1.76 bits per heavy atom. The molecule has 0 bridgehead atoms. The number of aryl methyl sites for hydroxylation is 2. The Labute approximate surface area is 106 Å². The first kappa shape index (κ1) is 12.6. The molecule has 0 aromatic heterocycles. The molecular weight excluding hydrogens is 206 g/mol. The van der Waals surface area contributed by atoms with Crippen LogP contribution in [0.1, 0.15) is 48.8 Å². The van der Waals surface area contributed by atoms with Crippen LogP contribution in [0.25, 0.3) is 0 Å². The van der Waals surface area contributed by atoms with Crippen molar-refractivity contribution in [1.82, 2.24) is 5.32 Å². The number of benzene rings is 1. The third-order valence-electron chi connectivity index (χ3n) is 4.45. The van der Waals surface area contributed by atoms with E-state index in [2.05, 4.69) is 44.4 Å². The van der Waals surface area contributed by atoms with Crippen LogP contribution >= 0.6 is 0 Å². The molecule has 1 aromatic carbocycles. The highest BCUT2D eigenvalue weighted by Gasteiger charge is 2.33. The maximum Gasteiger partial charge on any atom is 0.00777 e. The Morgan fingerprint density at radius 3 is 2.35 bits per heavy atom. The van der Waals surface area contributed by atoms with Gasteiger partial charge in [0, 0.05) is 12.0 Å². The second-order valence-electron chi connectivity index (χ2n) is 5.67. The zero-order valence-corrected chi connectivity index (χ0v) is 11.5. The molecule has 2 rings (SSSR count). The molecule has 94 valence electrons. The highest BCUT2D eigenvalue weighted by Crippen LogP contribution is 2.39. The summed E-state index contributed by atoms with van der Waals surface area (Å²) in [4.78, 5) is 0. The van der Waals surface area contributed by atoms with Gasteiger partial charge in [-0.2, -0.15) is 0 Å². The van der Waals surface area contributed by atoms with Crippen LogP contribution < -0.4 is 5.32 Å². The summed E-state index contributed by atoms with van der Waals surface area (Å²) in [6.07, 6.45) is 6.87. The number of hydrogen-bond donors (Lipinski definition) is 1. The summed E-state index contributed by atoms with van der Waals surface area (Å²) < 4.78 is 0. The van der Waals surface area contributed by atoms with E-state index in [0.717, 1.165) is 6.54 Å². The molecule has 0 heterocycles. The maximum absolute atomic E-state index is 3.41. The molecule has 0 spiro atoms. The van der Waals surface area contributed by atoms with Crippen molar-refractivity contribution in [2.45, 2.75) is 51.4 Å². The minimum absolute atomic E-state index is 0.394. The van der Waals surface area contributed by atoms with Crippen LogP contribution in [0.3, 0.4) is 0 Å². The van der Waals surface area contributed by atoms with E-state index < -0.39 is 0 Å². The van der Waals surface area contributed by atoms with E-state index in [0.29, 0.717) is 5.41 Å². The topological polar surface area (TPSA) is 12.0 Å². The van der Waals surface area contributed by atoms with Crippen LogP contribution in [0, 0.1) is 13.8 Å². The van der Waals surface area contributed by atoms with Crippen LogP contribution in [0.2, 0.25) is 0 Å². The number of nitrogens with one attached hydrogen (secondary N) is 1. The van der Waals surface area contributed by atoms with Crippen LogP contribution in [-0.4, -0.2) is 13.6 Å². The van der Waals surface area contributed by atoms with E-state index >= 15 is 0 Å². The van der Waals surface area contributed by atoms with Gasteiger partial charge < -0.3 is 5.32 Å². The number of likely N-dealkylation sites (N-methyl/N-ethyl adjacent to an activating group) is 1. The van der Waals surface area contributed by atoms with Gasteiger partial charge in [-0.15, -0.1) is 0 Å². The molecule has 0 unspecified atom stereocenters. The monoisotopic (exact) mass is 231 g/mol. The van der Waals surface area contributed by atoms with Gasteiger partial charge in [0.1, 0.15) is 0 Å². The van der Waals surface area contributed by atoms with Crippen LogP contribution in [-0.2, 0) is 5.41 Å². The van der Waals surface area contributed by atoms with Crippen molar-refractivity contribution >= 4 is 0 Å². The second kappa shape index (κ2) is 5.22. The van der Waals surface area contributed by atoms with Crippen molar-refractivity contribution < 1.29 is 0 Å². The molecule has 0 amide bonds. The molecule has 0 radical (unpaired) electrons. The summed E-state index contributed by atoms with van der Waals surface area (Å²) in [5, 5.41) is 3.41. The van der Waals surface area contributed by atoms with E-state index in [9.17, 15) is 0 Å². The third-order valence-corrected chi connectivity index (χ3v) is 4.45. The molecular formula is C16H25N. The minimum Gasteiger partial charge on any atom is -0.319 e. The fourth-order valence-electron chi connectivity index (χ4n) is 3.21. The van der Waals surface area contributed by atoms with Gasteiger partial charge in [-0.3, -0.25) is 0 Å². The Morgan fingerprint density at radius 1 is 1.06 bits per heavy atom. The summed E-state index contributed by atoms with van der Waals surface area (Å²) in [6.45, 7) is 5.55. The molecule has 0 aliphatic heterocycles. The summed E-state index contributed by atoms with van der Waals surface area (Å²) in [6, 6.07) is 7.06. The largest absolute Gasteiger partial charge is 0.319 e. The average molecular weight is 231 g/mol. The first-order valence-corrected chi connectivity index (χ1v) is 6.90. The smallest absolute Gasteiger partial charge is 0.00777 e. The fourth-order valence-corrected chi connectivity index (χ4v) is 3.21. The predicted molar refractivity (Wildman–Crippen MR) is 74.6 cm³/mol. The molecule has 17 heavy (non-hydrogen) atoms. The Balaban J connectivity index is 2.34. The molecule has 1 aliphatic rings. The molecule has 1 N–H and O–H groups in total. The molecule has 1 aromatic rings. The third kappa shape index (κ3) is 2.55. The van der Waals surface area contributed by atoms with Crippen molar-refractivity contribution in [3.05, 3.63) is 34.9 Å². The van der Waals surface area contributed by atoms with Gasteiger partial charge in [0.05, 0.1) is 0 Å². The summed E-state index contributed by atoms with van der Waals surface area (Å²) in [5.41, 5.74) is 4.79. The van der Waals surface area contributed by atoms with Gasteiger partial charge in [-0.05, 0) is 50.4 Å². The van der Waals surface area contributed by atoms with Crippen molar-refractivity contribution in [2.75, 3.05) is 13.6 Å². The van der Waals surface area contributed by atoms with Gasteiger partial charge in [0.15, 0.2) is 0 Å². The van der Waals surface area contributed by atoms with Gasteiger partial charge in [0.25, 0.3) is 0 Å². The lowest BCUT2D eigenvalue weighted by Gasteiger charge is -2.38. The molecule has 0 saturated heterocycles. The van der Waals surface area contributed by atoms with E-state index in [1.807, 2.05) is 0 Å². The molecule has 1 nitrogen and oxygen atoms in total. The van der Waals surface area contributed by atoms with E-state index in [1.54, 1.807) is 5.56 Å².